The molecule has 1 aliphatic rings. The summed E-state index contributed by atoms with van der Waals surface area (Å²) >= 11 is 12.4. The molecule has 0 spiro atoms. The van der Waals surface area contributed by atoms with Crippen molar-refractivity contribution >= 4 is 23.2 Å². The first kappa shape index (κ1) is 13.9. The zero-order valence-electron chi connectivity index (χ0n) is 11.4. The maximum atomic E-state index is 6.32. The third kappa shape index (κ3) is 2.58. The number of rotatable bonds is 4. The molecule has 3 heteroatoms. The Morgan fingerprint density at radius 3 is 2.75 bits per heavy atom. The zero-order valence-corrected chi connectivity index (χ0v) is 12.9. The summed E-state index contributed by atoms with van der Waals surface area (Å²) < 4.78 is 0. The third-order valence-corrected chi connectivity index (χ3v) is 4.74. The summed E-state index contributed by atoms with van der Waals surface area (Å²) in [5, 5.41) is 4.89. The monoisotopic (exact) mass is 305 g/mol. The largest absolute Gasteiger partial charge is 0.313 e. The van der Waals surface area contributed by atoms with E-state index in [9.17, 15) is 0 Å². The lowest BCUT2D eigenvalue weighted by atomic mass is 9.74. The number of halogens is 2. The molecule has 0 aliphatic heterocycles. The Morgan fingerprint density at radius 1 is 1.20 bits per heavy atom. The SMILES string of the molecule is CNC(CC1Cc2ccccc21)c1cc(Cl)ccc1Cl. The van der Waals surface area contributed by atoms with Gasteiger partial charge in [0, 0.05) is 16.1 Å². The van der Waals surface area contributed by atoms with Gasteiger partial charge in [0.2, 0.25) is 0 Å². The van der Waals surface area contributed by atoms with Crippen LogP contribution < -0.4 is 5.32 Å². The topological polar surface area (TPSA) is 12.0 Å². The molecule has 0 fully saturated rings. The van der Waals surface area contributed by atoms with Crippen LogP contribution in [0.1, 0.15) is 35.1 Å². The molecular weight excluding hydrogens is 289 g/mol. The fourth-order valence-corrected chi connectivity index (χ4v) is 3.47. The minimum Gasteiger partial charge on any atom is -0.313 e. The van der Waals surface area contributed by atoms with E-state index in [1.165, 1.54) is 11.1 Å². The van der Waals surface area contributed by atoms with Crippen LogP contribution in [-0.4, -0.2) is 7.05 Å². The van der Waals surface area contributed by atoms with Crippen LogP contribution in [0.4, 0.5) is 0 Å². The highest BCUT2D eigenvalue weighted by molar-refractivity contribution is 6.33. The normalized spacial score (nSPS) is 18.2. The molecule has 1 N–H and O–H groups in total. The summed E-state index contributed by atoms with van der Waals surface area (Å²) in [5.74, 6) is 0.610. The van der Waals surface area contributed by atoms with Gasteiger partial charge in [-0.1, -0.05) is 47.5 Å². The predicted octanol–water partition coefficient (Wildman–Crippen LogP) is 4.98. The van der Waals surface area contributed by atoms with Crippen LogP contribution in [0.2, 0.25) is 10.0 Å². The molecule has 2 aromatic rings. The molecule has 0 heterocycles. The molecule has 0 radical (unpaired) electrons. The van der Waals surface area contributed by atoms with Crippen LogP contribution in [0.15, 0.2) is 42.5 Å². The minimum atomic E-state index is 0.236. The third-order valence-electron chi connectivity index (χ3n) is 4.16. The van der Waals surface area contributed by atoms with E-state index in [0.717, 1.165) is 28.5 Å². The lowest BCUT2D eigenvalue weighted by molar-refractivity contribution is 0.452. The van der Waals surface area contributed by atoms with Crippen LogP contribution in [0.25, 0.3) is 0 Å². The number of hydrogen-bond acceptors (Lipinski definition) is 1. The number of nitrogens with one attached hydrogen (secondary N) is 1. The van der Waals surface area contributed by atoms with Gasteiger partial charge in [-0.15, -0.1) is 0 Å². The lowest BCUT2D eigenvalue weighted by Crippen LogP contribution is -2.25. The first-order valence-corrected chi connectivity index (χ1v) is 7.64. The van der Waals surface area contributed by atoms with E-state index >= 15 is 0 Å². The molecule has 104 valence electrons. The van der Waals surface area contributed by atoms with Gasteiger partial charge in [0.25, 0.3) is 0 Å². The van der Waals surface area contributed by atoms with Gasteiger partial charge in [0.1, 0.15) is 0 Å². The number of fused-ring (bicyclic) bond motifs is 1. The minimum absolute atomic E-state index is 0.236. The first-order chi connectivity index (χ1) is 9.69. The van der Waals surface area contributed by atoms with Crippen LogP contribution in [0.5, 0.6) is 0 Å². The predicted molar refractivity (Wildman–Crippen MR) is 85.8 cm³/mol. The number of hydrogen-bond donors (Lipinski definition) is 1. The van der Waals surface area contributed by atoms with Crippen LogP contribution >= 0.6 is 23.2 Å². The van der Waals surface area contributed by atoms with E-state index in [0.29, 0.717) is 5.92 Å². The maximum absolute atomic E-state index is 6.32. The van der Waals surface area contributed by atoms with Crippen LogP contribution in [-0.2, 0) is 6.42 Å². The summed E-state index contributed by atoms with van der Waals surface area (Å²) in [7, 11) is 1.98. The average molecular weight is 306 g/mol. The van der Waals surface area contributed by atoms with Crippen molar-refractivity contribution < 1.29 is 0 Å². The maximum Gasteiger partial charge on any atom is 0.0454 e. The number of benzene rings is 2. The molecule has 0 bridgehead atoms. The van der Waals surface area contributed by atoms with Crippen molar-refractivity contribution in [1.82, 2.24) is 5.32 Å². The molecule has 2 aromatic carbocycles. The Morgan fingerprint density at radius 2 is 2.00 bits per heavy atom. The van der Waals surface area contributed by atoms with Gasteiger partial charge in [0.15, 0.2) is 0 Å². The smallest absolute Gasteiger partial charge is 0.0454 e. The summed E-state index contributed by atoms with van der Waals surface area (Å²) in [6.07, 6.45) is 2.21. The summed E-state index contributed by atoms with van der Waals surface area (Å²) in [6.45, 7) is 0. The molecular formula is C17H17Cl2N. The van der Waals surface area contributed by atoms with Crippen molar-refractivity contribution in [3.8, 4) is 0 Å². The van der Waals surface area contributed by atoms with Crippen LogP contribution in [0.3, 0.4) is 0 Å². The Labute approximate surface area is 129 Å². The highest BCUT2D eigenvalue weighted by Crippen LogP contribution is 2.41. The van der Waals surface area contributed by atoms with Crippen molar-refractivity contribution in [2.24, 2.45) is 0 Å². The van der Waals surface area contributed by atoms with Gasteiger partial charge < -0.3 is 5.32 Å². The van der Waals surface area contributed by atoms with Gasteiger partial charge >= 0.3 is 0 Å². The molecule has 0 saturated carbocycles. The molecule has 2 atom stereocenters. The Hall–Kier alpha value is -1.02. The molecule has 0 amide bonds. The average Bonchev–Trinajstić information content (AvgIpc) is 2.43. The van der Waals surface area contributed by atoms with E-state index < -0.39 is 0 Å². The fraction of sp³-hybridized carbons (Fsp3) is 0.294. The van der Waals surface area contributed by atoms with Gasteiger partial charge in [-0.2, -0.15) is 0 Å². The fourth-order valence-electron chi connectivity index (χ4n) is 3.04. The van der Waals surface area contributed by atoms with Gasteiger partial charge in [-0.05, 0) is 60.7 Å². The molecule has 20 heavy (non-hydrogen) atoms. The second kappa shape index (κ2) is 5.77. The summed E-state index contributed by atoms with van der Waals surface area (Å²) in [5.41, 5.74) is 4.04. The van der Waals surface area contributed by atoms with Crippen molar-refractivity contribution in [3.05, 3.63) is 69.2 Å². The van der Waals surface area contributed by atoms with Crippen molar-refractivity contribution in [2.45, 2.75) is 24.8 Å². The Balaban J connectivity index is 1.80. The molecule has 0 saturated heterocycles. The second-order valence-corrected chi connectivity index (χ2v) is 6.19. The molecule has 1 aliphatic carbocycles. The zero-order chi connectivity index (χ0) is 14.1. The quantitative estimate of drug-likeness (QED) is 0.839. The lowest BCUT2D eigenvalue weighted by Gasteiger charge is -2.33. The van der Waals surface area contributed by atoms with Crippen molar-refractivity contribution in [3.63, 3.8) is 0 Å². The Bertz CT molecular complexity index is 624. The van der Waals surface area contributed by atoms with E-state index in [1.807, 2.05) is 25.2 Å². The molecule has 3 rings (SSSR count). The van der Waals surface area contributed by atoms with Crippen molar-refractivity contribution in [1.29, 1.82) is 0 Å². The molecule has 2 unspecified atom stereocenters. The second-order valence-electron chi connectivity index (χ2n) is 5.34. The molecule has 0 aromatic heterocycles. The van der Waals surface area contributed by atoms with Gasteiger partial charge in [0.05, 0.1) is 0 Å². The summed E-state index contributed by atoms with van der Waals surface area (Å²) in [4.78, 5) is 0. The van der Waals surface area contributed by atoms with Crippen LogP contribution in [0, 0.1) is 0 Å². The Kier molecular flexibility index (Phi) is 4.02. The van der Waals surface area contributed by atoms with E-state index in [4.69, 9.17) is 23.2 Å². The molecule has 1 nitrogen and oxygen atoms in total. The van der Waals surface area contributed by atoms with Gasteiger partial charge in [-0.25, -0.2) is 0 Å². The standard InChI is InChI=1S/C17H17Cl2N/c1-20-17(15-10-13(18)6-7-16(15)19)9-12-8-11-4-2-3-5-14(11)12/h2-7,10,12,17,20H,8-9H2,1H3. The van der Waals surface area contributed by atoms with Crippen molar-refractivity contribution in [2.75, 3.05) is 7.05 Å². The highest BCUT2D eigenvalue weighted by Gasteiger charge is 2.28. The van der Waals surface area contributed by atoms with E-state index in [2.05, 4.69) is 29.6 Å². The highest BCUT2D eigenvalue weighted by atomic mass is 35.5. The van der Waals surface area contributed by atoms with Gasteiger partial charge in [-0.3, -0.25) is 0 Å². The first-order valence-electron chi connectivity index (χ1n) is 6.89. The summed E-state index contributed by atoms with van der Waals surface area (Å²) in [6, 6.07) is 14.6. The van der Waals surface area contributed by atoms with E-state index in [1.54, 1.807) is 0 Å². The van der Waals surface area contributed by atoms with E-state index in [-0.39, 0.29) is 6.04 Å².